The summed E-state index contributed by atoms with van der Waals surface area (Å²) in [5.74, 6) is 0.968. The molecule has 0 spiro atoms. The number of benzene rings is 2. The Morgan fingerprint density at radius 3 is 2.59 bits per heavy atom. The molecule has 0 saturated carbocycles. The van der Waals surface area contributed by atoms with Gasteiger partial charge in [-0.2, -0.15) is 5.10 Å². The molecule has 0 atom stereocenters. The molecule has 1 aliphatic heterocycles. The Morgan fingerprint density at radius 2 is 1.94 bits per heavy atom. The topological polar surface area (TPSA) is 53.9 Å². The maximum Gasteiger partial charge on any atom is 0.250 e. The fourth-order valence-electron chi connectivity index (χ4n) is 4.04. The van der Waals surface area contributed by atoms with Crippen LogP contribution in [-0.4, -0.2) is 37.1 Å². The van der Waals surface area contributed by atoms with E-state index in [2.05, 4.69) is 68.3 Å². The van der Waals surface area contributed by atoms with Crippen molar-refractivity contribution in [2.24, 2.45) is 5.10 Å². The van der Waals surface area contributed by atoms with Crippen molar-refractivity contribution in [3.8, 4) is 5.75 Å². The summed E-state index contributed by atoms with van der Waals surface area (Å²) in [5.41, 5.74) is 8.55. The van der Waals surface area contributed by atoms with E-state index in [1.54, 1.807) is 13.3 Å². The minimum Gasteiger partial charge on any atom is -0.497 e. The van der Waals surface area contributed by atoms with Gasteiger partial charge in [0.25, 0.3) is 0 Å². The van der Waals surface area contributed by atoms with Crippen LogP contribution in [0, 0.1) is 6.92 Å². The third kappa shape index (κ3) is 5.54. The molecule has 2 aromatic rings. The summed E-state index contributed by atoms with van der Waals surface area (Å²) in [5, 5.41) is 4.21. The summed E-state index contributed by atoms with van der Waals surface area (Å²) >= 11 is 1.47. The van der Waals surface area contributed by atoms with Gasteiger partial charge in [0.05, 0.1) is 24.6 Å². The molecule has 1 N–H and O–H groups in total. The molecule has 0 saturated heterocycles. The Morgan fingerprint density at radius 1 is 1.22 bits per heavy atom. The lowest BCUT2D eigenvalue weighted by Gasteiger charge is -2.43. The van der Waals surface area contributed by atoms with E-state index in [0.29, 0.717) is 5.75 Å². The molecule has 3 rings (SSSR count). The number of hydrogen-bond acceptors (Lipinski definition) is 5. The predicted octanol–water partition coefficient (Wildman–Crippen LogP) is 5.66. The number of nitrogens with zero attached hydrogens (tertiary/aromatic N) is 2. The van der Waals surface area contributed by atoms with Gasteiger partial charge in [0.15, 0.2) is 0 Å². The molecule has 0 fully saturated rings. The molecular weight excluding hydrogens is 418 g/mol. The number of methoxy groups -OCH3 is 1. The number of hydrogen-bond donors (Lipinski definition) is 1. The third-order valence-corrected chi connectivity index (χ3v) is 6.65. The molecule has 1 amide bonds. The number of amides is 1. The molecular formula is C26H33N3O2S. The van der Waals surface area contributed by atoms with Crippen molar-refractivity contribution in [1.82, 2.24) is 5.43 Å². The van der Waals surface area contributed by atoms with Crippen LogP contribution in [0.4, 0.5) is 5.69 Å². The Balaban J connectivity index is 1.67. The van der Waals surface area contributed by atoms with Gasteiger partial charge in [-0.3, -0.25) is 4.79 Å². The summed E-state index contributed by atoms with van der Waals surface area (Å²) in [6.07, 6.45) is 5.17. The molecule has 5 nitrogen and oxygen atoms in total. The minimum atomic E-state index is -0.135. The zero-order valence-electron chi connectivity index (χ0n) is 19.9. The number of thioether (sulfide) groups is 1. The number of fused-ring (bicyclic) bond motifs is 1. The van der Waals surface area contributed by atoms with Gasteiger partial charge >= 0.3 is 0 Å². The van der Waals surface area contributed by atoms with E-state index >= 15 is 0 Å². The maximum absolute atomic E-state index is 12.2. The Hall–Kier alpha value is -2.73. The Kier molecular flexibility index (Phi) is 7.67. The van der Waals surface area contributed by atoms with Crippen molar-refractivity contribution in [1.29, 1.82) is 0 Å². The van der Waals surface area contributed by atoms with E-state index in [0.717, 1.165) is 34.7 Å². The fourth-order valence-corrected chi connectivity index (χ4v) is 4.73. The SMILES string of the molecule is CCCN1c2cc(C)c(/C=N/NC(=O)CSc3ccc(OC)cc3)cc2C(C)=CC1(C)C. The highest BCUT2D eigenvalue weighted by atomic mass is 32.2. The highest BCUT2D eigenvalue weighted by Crippen LogP contribution is 2.40. The van der Waals surface area contributed by atoms with Gasteiger partial charge in [-0.05, 0) is 87.2 Å². The highest BCUT2D eigenvalue weighted by molar-refractivity contribution is 8.00. The summed E-state index contributed by atoms with van der Waals surface area (Å²) < 4.78 is 5.16. The summed E-state index contributed by atoms with van der Waals surface area (Å²) in [6.45, 7) is 12.0. The highest BCUT2D eigenvalue weighted by Gasteiger charge is 2.31. The largest absolute Gasteiger partial charge is 0.497 e. The second-order valence-corrected chi connectivity index (χ2v) is 9.66. The van der Waals surface area contributed by atoms with Gasteiger partial charge in [0.1, 0.15) is 5.75 Å². The lowest BCUT2D eigenvalue weighted by atomic mass is 9.87. The summed E-state index contributed by atoms with van der Waals surface area (Å²) in [6, 6.07) is 12.1. The van der Waals surface area contributed by atoms with E-state index in [1.807, 2.05) is 24.3 Å². The number of anilines is 1. The number of carbonyl (C=O) groups excluding carboxylic acids is 1. The molecule has 32 heavy (non-hydrogen) atoms. The fraction of sp³-hybridized carbons (Fsp3) is 0.385. The van der Waals surface area contributed by atoms with Gasteiger partial charge in [-0.1, -0.05) is 13.0 Å². The zero-order chi connectivity index (χ0) is 23.3. The molecule has 170 valence electrons. The van der Waals surface area contributed by atoms with Crippen molar-refractivity contribution in [2.75, 3.05) is 24.3 Å². The van der Waals surface area contributed by atoms with Crippen molar-refractivity contribution in [3.05, 3.63) is 59.2 Å². The number of nitrogens with one attached hydrogen (secondary N) is 1. The van der Waals surface area contributed by atoms with Gasteiger partial charge in [0, 0.05) is 22.7 Å². The van der Waals surface area contributed by atoms with Crippen molar-refractivity contribution >= 4 is 35.1 Å². The maximum atomic E-state index is 12.2. The molecule has 0 bridgehead atoms. The van der Waals surface area contributed by atoms with Crippen LogP contribution in [0.3, 0.4) is 0 Å². The number of rotatable bonds is 8. The van der Waals surface area contributed by atoms with Crippen molar-refractivity contribution in [2.45, 2.75) is 51.5 Å². The van der Waals surface area contributed by atoms with Crippen LogP contribution in [0.5, 0.6) is 5.75 Å². The van der Waals surface area contributed by atoms with Crippen LogP contribution in [0.25, 0.3) is 5.57 Å². The number of carbonyl (C=O) groups is 1. The van der Waals surface area contributed by atoms with Crippen LogP contribution in [0.15, 0.2) is 52.5 Å². The predicted molar refractivity (Wildman–Crippen MR) is 136 cm³/mol. The molecule has 0 aliphatic carbocycles. The van der Waals surface area contributed by atoms with Gasteiger partial charge < -0.3 is 9.64 Å². The van der Waals surface area contributed by atoms with Crippen LogP contribution in [-0.2, 0) is 4.79 Å². The number of allylic oxidation sites excluding steroid dienone is 1. The van der Waals surface area contributed by atoms with E-state index in [4.69, 9.17) is 4.74 Å². The monoisotopic (exact) mass is 451 g/mol. The molecule has 1 aliphatic rings. The van der Waals surface area contributed by atoms with E-state index < -0.39 is 0 Å². The number of aryl methyl sites for hydroxylation is 1. The third-order valence-electron chi connectivity index (χ3n) is 5.63. The smallest absolute Gasteiger partial charge is 0.250 e. The quantitative estimate of drug-likeness (QED) is 0.320. The summed E-state index contributed by atoms with van der Waals surface area (Å²) in [7, 11) is 1.64. The van der Waals surface area contributed by atoms with Crippen LogP contribution >= 0.6 is 11.8 Å². The second kappa shape index (κ2) is 10.3. The Labute approximate surface area is 195 Å². The molecule has 0 unspecified atom stereocenters. The summed E-state index contributed by atoms with van der Waals surface area (Å²) in [4.78, 5) is 15.7. The standard InChI is InChI=1S/C26H33N3O2S/c1-7-12-29-24-13-18(2)20(14-23(24)19(3)15-26(29,4)5)16-27-28-25(30)17-32-22-10-8-21(31-6)9-11-22/h8-11,13-16H,7,12,17H2,1-6H3,(H,28,30)/b27-16+. The first-order chi connectivity index (χ1) is 15.2. The first-order valence-electron chi connectivity index (χ1n) is 11.0. The lowest BCUT2D eigenvalue weighted by molar-refractivity contribution is -0.118. The van der Waals surface area contributed by atoms with Crippen molar-refractivity contribution in [3.63, 3.8) is 0 Å². The molecule has 0 aromatic heterocycles. The average molecular weight is 452 g/mol. The van der Waals surface area contributed by atoms with E-state index in [9.17, 15) is 4.79 Å². The zero-order valence-corrected chi connectivity index (χ0v) is 20.7. The molecule has 2 aromatic carbocycles. The number of ether oxygens (including phenoxy) is 1. The van der Waals surface area contributed by atoms with Crippen molar-refractivity contribution < 1.29 is 9.53 Å². The van der Waals surface area contributed by atoms with Crippen LogP contribution < -0.4 is 15.1 Å². The minimum absolute atomic E-state index is 0.00926. The van der Waals surface area contributed by atoms with E-state index in [1.165, 1.54) is 28.6 Å². The second-order valence-electron chi connectivity index (χ2n) is 8.62. The van der Waals surface area contributed by atoms with E-state index in [-0.39, 0.29) is 11.4 Å². The number of hydrazone groups is 1. The van der Waals surface area contributed by atoms with Crippen LogP contribution in [0.1, 0.15) is 50.8 Å². The van der Waals surface area contributed by atoms with Gasteiger partial charge in [0.2, 0.25) is 5.91 Å². The average Bonchev–Trinajstić information content (AvgIpc) is 2.76. The molecule has 1 heterocycles. The van der Waals surface area contributed by atoms with Crippen LogP contribution in [0.2, 0.25) is 0 Å². The van der Waals surface area contributed by atoms with Gasteiger partial charge in [-0.25, -0.2) is 5.43 Å². The first kappa shape index (κ1) is 23.9. The molecule has 0 radical (unpaired) electrons. The van der Waals surface area contributed by atoms with Gasteiger partial charge in [-0.15, -0.1) is 11.8 Å². The lowest BCUT2D eigenvalue weighted by Crippen LogP contribution is -2.45. The Bertz CT molecular complexity index is 1030. The normalized spacial score (nSPS) is 14.8. The first-order valence-corrected chi connectivity index (χ1v) is 11.9. The molecule has 6 heteroatoms.